The number of hydrogen-bond acceptors (Lipinski definition) is 8. The van der Waals surface area contributed by atoms with Crippen LogP contribution in [-0.2, 0) is 9.47 Å². The molecule has 2 aliphatic rings. The highest BCUT2D eigenvalue weighted by molar-refractivity contribution is 6.01. The predicted octanol–water partition coefficient (Wildman–Crippen LogP) is 4.60. The SMILES string of the molecule is CCOCOc1cc(C#N)ccc1-c1nnc(N[C@@H]2CCCN(C3CCOCC3)C2)c2ccccc12. The second-order valence-electron chi connectivity index (χ2n) is 9.34. The van der Waals surface area contributed by atoms with Crippen LogP contribution in [0.3, 0.4) is 0 Å². The summed E-state index contributed by atoms with van der Waals surface area (Å²) >= 11 is 0. The van der Waals surface area contributed by atoms with E-state index in [2.05, 4.69) is 38.6 Å². The predicted molar refractivity (Wildman–Crippen MR) is 139 cm³/mol. The zero-order valence-corrected chi connectivity index (χ0v) is 20.8. The smallest absolute Gasteiger partial charge is 0.189 e. The highest BCUT2D eigenvalue weighted by Crippen LogP contribution is 2.36. The van der Waals surface area contributed by atoms with Crippen molar-refractivity contribution in [2.24, 2.45) is 0 Å². The van der Waals surface area contributed by atoms with Gasteiger partial charge in [-0.1, -0.05) is 24.3 Å². The fourth-order valence-corrected chi connectivity index (χ4v) is 5.20. The first-order valence-electron chi connectivity index (χ1n) is 12.9. The van der Waals surface area contributed by atoms with E-state index in [1.54, 1.807) is 12.1 Å². The quantitative estimate of drug-likeness (QED) is 0.364. The molecule has 0 radical (unpaired) electrons. The van der Waals surface area contributed by atoms with E-state index in [-0.39, 0.29) is 6.79 Å². The second-order valence-corrected chi connectivity index (χ2v) is 9.34. The van der Waals surface area contributed by atoms with Crippen LogP contribution >= 0.6 is 0 Å². The number of aromatic nitrogens is 2. The first-order chi connectivity index (χ1) is 17.8. The van der Waals surface area contributed by atoms with Gasteiger partial charge in [-0.25, -0.2) is 0 Å². The molecule has 5 rings (SSSR count). The molecule has 2 aliphatic heterocycles. The number of benzene rings is 2. The van der Waals surface area contributed by atoms with Crippen molar-refractivity contribution in [3.05, 3.63) is 48.0 Å². The van der Waals surface area contributed by atoms with Crippen molar-refractivity contribution in [2.45, 2.75) is 44.7 Å². The minimum absolute atomic E-state index is 0.106. The van der Waals surface area contributed by atoms with E-state index < -0.39 is 0 Å². The van der Waals surface area contributed by atoms with Crippen LogP contribution in [0, 0.1) is 11.3 Å². The van der Waals surface area contributed by atoms with Crippen molar-refractivity contribution in [3.8, 4) is 23.1 Å². The van der Waals surface area contributed by atoms with Crippen LogP contribution in [0.1, 0.15) is 38.2 Å². The van der Waals surface area contributed by atoms with Crippen LogP contribution in [0.15, 0.2) is 42.5 Å². The van der Waals surface area contributed by atoms with E-state index in [1.807, 2.05) is 25.1 Å². The average Bonchev–Trinajstić information content (AvgIpc) is 2.94. The van der Waals surface area contributed by atoms with E-state index in [1.165, 1.54) is 6.42 Å². The van der Waals surface area contributed by atoms with Gasteiger partial charge in [-0.3, -0.25) is 4.90 Å². The van der Waals surface area contributed by atoms with Gasteiger partial charge in [0, 0.05) is 54.8 Å². The molecule has 2 saturated heterocycles. The standard InChI is InChI=1S/C28H33N5O3/c1-2-34-19-36-26-16-20(17-29)9-10-25(26)27-23-7-3-4-8-24(23)28(32-31-27)30-21-6-5-13-33(18-21)22-11-14-35-15-12-22/h3-4,7-10,16,21-22H,2,5-6,11-15,18-19H2,1H3,(H,30,32)/t21-/m1/s1. The van der Waals surface area contributed by atoms with Crippen LogP contribution in [0.5, 0.6) is 5.75 Å². The molecular weight excluding hydrogens is 454 g/mol. The minimum Gasteiger partial charge on any atom is -0.467 e. The van der Waals surface area contributed by atoms with Crippen LogP contribution in [-0.4, -0.2) is 66.9 Å². The van der Waals surface area contributed by atoms with Crippen molar-refractivity contribution in [3.63, 3.8) is 0 Å². The van der Waals surface area contributed by atoms with Crippen molar-refractivity contribution < 1.29 is 14.2 Å². The molecule has 1 N–H and O–H groups in total. The van der Waals surface area contributed by atoms with Gasteiger partial charge in [0.25, 0.3) is 0 Å². The van der Waals surface area contributed by atoms with Crippen molar-refractivity contribution in [1.82, 2.24) is 15.1 Å². The number of likely N-dealkylation sites (tertiary alicyclic amines) is 1. The van der Waals surface area contributed by atoms with Gasteiger partial charge < -0.3 is 19.5 Å². The monoisotopic (exact) mass is 487 g/mol. The summed E-state index contributed by atoms with van der Waals surface area (Å²) in [5, 5.41) is 24.4. The molecule has 36 heavy (non-hydrogen) atoms. The summed E-state index contributed by atoms with van der Waals surface area (Å²) in [6.45, 7) is 6.45. The van der Waals surface area contributed by atoms with Gasteiger partial charge in [-0.15, -0.1) is 10.2 Å². The van der Waals surface area contributed by atoms with Crippen molar-refractivity contribution in [2.75, 3.05) is 45.0 Å². The molecular formula is C28H33N5O3. The Balaban J connectivity index is 1.42. The van der Waals surface area contributed by atoms with Crippen LogP contribution in [0.2, 0.25) is 0 Å². The third kappa shape index (κ3) is 5.44. The molecule has 2 fully saturated rings. The van der Waals surface area contributed by atoms with Crippen LogP contribution in [0.4, 0.5) is 5.82 Å². The molecule has 2 aromatic carbocycles. The molecule has 0 unspecified atom stereocenters. The van der Waals surface area contributed by atoms with Gasteiger partial charge in [0.1, 0.15) is 11.4 Å². The van der Waals surface area contributed by atoms with Gasteiger partial charge >= 0.3 is 0 Å². The summed E-state index contributed by atoms with van der Waals surface area (Å²) in [5.41, 5.74) is 2.03. The molecule has 3 aromatic rings. The number of rotatable bonds is 8. The summed E-state index contributed by atoms with van der Waals surface area (Å²) in [4.78, 5) is 2.62. The summed E-state index contributed by atoms with van der Waals surface area (Å²) in [7, 11) is 0. The van der Waals surface area contributed by atoms with Crippen LogP contribution < -0.4 is 10.1 Å². The lowest BCUT2D eigenvalue weighted by molar-refractivity contribution is 0.0227. The molecule has 0 bridgehead atoms. The maximum atomic E-state index is 9.38. The number of anilines is 1. The van der Waals surface area contributed by atoms with E-state index in [9.17, 15) is 5.26 Å². The third-order valence-corrected chi connectivity index (χ3v) is 7.06. The second kappa shape index (κ2) is 11.7. The molecule has 1 aromatic heterocycles. The first-order valence-corrected chi connectivity index (χ1v) is 12.9. The Morgan fingerprint density at radius 1 is 1.11 bits per heavy atom. The lowest BCUT2D eigenvalue weighted by atomic mass is 9.99. The molecule has 188 valence electrons. The van der Waals surface area contributed by atoms with Crippen molar-refractivity contribution >= 4 is 16.6 Å². The van der Waals surface area contributed by atoms with Gasteiger partial charge in [-0.2, -0.15) is 5.26 Å². The Morgan fingerprint density at radius 2 is 1.94 bits per heavy atom. The molecule has 0 spiro atoms. The maximum Gasteiger partial charge on any atom is 0.189 e. The van der Waals surface area contributed by atoms with Crippen LogP contribution in [0.25, 0.3) is 22.0 Å². The number of hydrogen-bond donors (Lipinski definition) is 1. The van der Waals surface area contributed by atoms with E-state index in [0.717, 1.165) is 73.4 Å². The highest BCUT2D eigenvalue weighted by Gasteiger charge is 2.28. The lowest BCUT2D eigenvalue weighted by Crippen LogP contribution is -2.48. The van der Waals surface area contributed by atoms with E-state index >= 15 is 0 Å². The summed E-state index contributed by atoms with van der Waals surface area (Å²) in [6.07, 6.45) is 4.51. The molecule has 3 heterocycles. The number of nitrogens with one attached hydrogen (secondary N) is 1. The number of ether oxygens (including phenoxy) is 3. The largest absolute Gasteiger partial charge is 0.467 e. The van der Waals surface area contributed by atoms with Gasteiger partial charge in [0.05, 0.1) is 11.6 Å². The zero-order chi connectivity index (χ0) is 24.7. The van der Waals surface area contributed by atoms with E-state index in [4.69, 9.17) is 14.2 Å². The first kappa shape index (κ1) is 24.4. The third-order valence-electron chi connectivity index (χ3n) is 7.06. The Hall–Kier alpha value is -3.25. The molecule has 0 saturated carbocycles. The molecule has 8 nitrogen and oxygen atoms in total. The Morgan fingerprint density at radius 3 is 2.75 bits per heavy atom. The molecule has 8 heteroatoms. The van der Waals surface area contributed by atoms with Crippen molar-refractivity contribution in [1.29, 1.82) is 5.26 Å². The number of fused-ring (bicyclic) bond motifs is 1. The Labute approximate surface area is 212 Å². The fraction of sp³-hybridized carbons (Fsp3) is 0.464. The highest BCUT2D eigenvalue weighted by atomic mass is 16.7. The summed E-state index contributed by atoms with van der Waals surface area (Å²) < 4.78 is 16.8. The van der Waals surface area contributed by atoms with Gasteiger partial charge in [-0.05, 0) is 57.4 Å². The minimum atomic E-state index is 0.106. The maximum absolute atomic E-state index is 9.38. The Kier molecular flexibility index (Phi) is 7.91. The Bertz CT molecular complexity index is 1220. The number of piperidine rings is 1. The lowest BCUT2D eigenvalue weighted by Gasteiger charge is -2.40. The number of nitrogens with zero attached hydrogens (tertiary/aromatic N) is 4. The molecule has 0 amide bonds. The van der Waals surface area contributed by atoms with Gasteiger partial charge in [0.15, 0.2) is 12.6 Å². The topological polar surface area (TPSA) is 92.5 Å². The zero-order valence-electron chi connectivity index (χ0n) is 20.8. The fourth-order valence-electron chi connectivity index (χ4n) is 5.20. The summed E-state index contributed by atoms with van der Waals surface area (Å²) in [5.74, 6) is 1.36. The number of nitriles is 1. The average molecular weight is 488 g/mol. The summed E-state index contributed by atoms with van der Waals surface area (Å²) in [6, 6.07) is 16.7. The van der Waals surface area contributed by atoms with Gasteiger partial charge in [0.2, 0.25) is 0 Å². The molecule has 1 atom stereocenters. The normalized spacial score (nSPS) is 19.2. The molecule has 0 aliphatic carbocycles. The van der Waals surface area contributed by atoms with E-state index in [0.29, 0.717) is 30.0 Å².